The molecule has 1 aliphatic rings. The van der Waals surface area contributed by atoms with E-state index in [2.05, 4.69) is 31.3 Å². The van der Waals surface area contributed by atoms with Crippen LogP contribution in [0.4, 0.5) is 5.69 Å². The van der Waals surface area contributed by atoms with Crippen molar-refractivity contribution < 1.29 is 8.42 Å². The van der Waals surface area contributed by atoms with Crippen LogP contribution in [0.3, 0.4) is 0 Å². The van der Waals surface area contributed by atoms with Crippen molar-refractivity contribution in [3.63, 3.8) is 0 Å². The molecule has 9 heteroatoms. The van der Waals surface area contributed by atoms with Gasteiger partial charge in [-0.05, 0) is 49.4 Å². The lowest BCUT2D eigenvalue weighted by Gasteiger charge is -2.20. The second-order valence-electron chi connectivity index (χ2n) is 6.83. The lowest BCUT2D eigenvalue weighted by atomic mass is 10.2. The summed E-state index contributed by atoms with van der Waals surface area (Å²) in [7, 11) is -0.279. The first-order valence-electron chi connectivity index (χ1n) is 9.41. The Morgan fingerprint density at radius 2 is 2.00 bits per heavy atom. The maximum absolute atomic E-state index is 11.8. The van der Waals surface area contributed by atoms with Crippen molar-refractivity contribution in [2.75, 3.05) is 32.1 Å². The molecule has 0 radical (unpaired) electrons. The number of halogens is 1. The highest BCUT2D eigenvalue weighted by Crippen LogP contribution is 2.23. The Bertz CT molecular complexity index is 963. The van der Waals surface area contributed by atoms with Gasteiger partial charge in [0.2, 0.25) is 10.0 Å². The molecule has 1 fully saturated rings. The van der Waals surface area contributed by atoms with Gasteiger partial charge in [0.05, 0.1) is 4.90 Å². The number of benzene rings is 2. The van der Waals surface area contributed by atoms with Crippen LogP contribution in [0, 0.1) is 0 Å². The van der Waals surface area contributed by atoms with E-state index in [0.29, 0.717) is 6.54 Å². The van der Waals surface area contributed by atoms with Crippen LogP contribution in [0.5, 0.6) is 0 Å². The molecule has 1 unspecified atom stereocenters. The van der Waals surface area contributed by atoms with Crippen LogP contribution < -0.4 is 20.3 Å². The van der Waals surface area contributed by atoms with Gasteiger partial charge in [-0.15, -0.1) is 0 Å². The lowest BCUT2D eigenvalue weighted by Crippen LogP contribution is -2.44. The standard InChI is InChI=1S/C20H26ClN5O2S/c1-22-20(24-13-15-6-8-19(9-7-15)29(27,28)23-2)25-17-10-11-26(14-17)18-5-3-4-16(21)12-18/h3-9,12,17,23H,10-11,13-14H2,1-2H3,(H2,22,24,25). The van der Waals surface area contributed by atoms with E-state index in [1.807, 2.05) is 18.2 Å². The Balaban J connectivity index is 1.52. The van der Waals surface area contributed by atoms with Crippen LogP contribution in [-0.4, -0.2) is 47.6 Å². The first kappa shape index (κ1) is 21.4. The molecular formula is C20H26ClN5O2S. The maximum Gasteiger partial charge on any atom is 0.240 e. The number of nitrogens with zero attached hydrogens (tertiary/aromatic N) is 2. The van der Waals surface area contributed by atoms with Crippen molar-refractivity contribution in [2.45, 2.75) is 23.9 Å². The van der Waals surface area contributed by atoms with Gasteiger partial charge in [0.15, 0.2) is 5.96 Å². The topological polar surface area (TPSA) is 85.8 Å². The minimum Gasteiger partial charge on any atom is -0.369 e. The van der Waals surface area contributed by atoms with E-state index < -0.39 is 10.0 Å². The normalized spacial score (nSPS) is 17.4. The Labute approximate surface area is 177 Å². The van der Waals surface area contributed by atoms with E-state index in [4.69, 9.17) is 11.6 Å². The van der Waals surface area contributed by atoms with Crippen molar-refractivity contribution in [3.05, 3.63) is 59.1 Å². The zero-order valence-corrected chi connectivity index (χ0v) is 18.1. The molecule has 2 aromatic rings. The average molecular weight is 436 g/mol. The van der Waals surface area contributed by atoms with Crippen LogP contribution in [0.25, 0.3) is 0 Å². The molecule has 3 rings (SSSR count). The summed E-state index contributed by atoms with van der Waals surface area (Å²) in [6.07, 6.45) is 1.00. The summed E-state index contributed by atoms with van der Waals surface area (Å²) in [4.78, 5) is 6.85. The number of rotatable bonds is 6. The zero-order chi connectivity index (χ0) is 20.9. The summed E-state index contributed by atoms with van der Waals surface area (Å²) in [6, 6.07) is 15.0. The fraction of sp³-hybridized carbons (Fsp3) is 0.350. The average Bonchev–Trinajstić information content (AvgIpc) is 3.20. The summed E-state index contributed by atoms with van der Waals surface area (Å²) < 4.78 is 25.9. The molecule has 156 valence electrons. The third kappa shape index (κ3) is 5.62. The molecule has 3 N–H and O–H groups in total. The number of aliphatic imine (C=N–C) groups is 1. The molecular weight excluding hydrogens is 410 g/mol. The molecule has 7 nitrogen and oxygen atoms in total. The van der Waals surface area contributed by atoms with Gasteiger partial charge in [-0.3, -0.25) is 4.99 Å². The number of nitrogens with one attached hydrogen (secondary N) is 3. The van der Waals surface area contributed by atoms with Gasteiger partial charge in [-0.1, -0.05) is 29.8 Å². The van der Waals surface area contributed by atoms with Crippen molar-refractivity contribution in [3.8, 4) is 0 Å². The predicted molar refractivity (Wildman–Crippen MR) is 118 cm³/mol. The van der Waals surface area contributed by atoms with E-state index in [0.717, 1.165) is 41.7 Å². The molecule has 1 aliphatic heterocycles. The molecule has 0 saturated carbocycles. The van der Waals surface area contributed by atoms with Crippen LogP contribution in [0.1, 0.15) is 12.0 Å². The van der Waals surface area contributed by atoms with Crippen LogP contribution in [0.15, 0.2) is 58.4 Å². The summed E-state index contributed by atoms with van der Waals surface area (Å²) in [6.45, 7) is 2.37. The molecule has 0 amide bonds. The third-order valence-corrected chi connectivity index (χ3v) is 6.55. The van der Waals surface area contributed by atoms with Gasteiger partial charge in [0.25, 0.3) is 0 Å². The third-order valence-electron chi connectivity index (χ3n) is 4.89. The number of hydrogen-bond acceptors (Lipinski definition) is 4. The van der Waals surface area contributed by atoms with E-state index in [1.54, 1.807) is 31.3 Å². The number of guanidine groups is 1. The largest absolute Gasteiger partial charge is 0.369 e. The molecule has 0 bridgehead atoms. The number of sulfonamides is 1. The Hall–Kier alpha value is -2.29. The van der Waals surface area contributed by atoms with Gasteiger partial charge >= 0.3 is 0 Å². The molecule has 2 aromatic carbocycles. The molecule has 1 saturated heterocycles. The quantitative estimate of drug-likeness (QED) is 0.478. The van der Waals surface area contributed by atoms with Gasteiger partial charge < -0.3 is 15.5 Å². The fourth-order valence-corrected chi connectivity index (χ4v) is 4.18. The summed E-state index contributed by atoms with van der Waals surface area (Å²) >= 11 is 6.10. The van der Waals surface area contributed by atoms with Crippen LogP contribution >= 0.6 is 11.6 Å². The minimum absolute atomic E-state index is 0.248. The van der Waals surface area contributed by atoms with Crippen LogP contribution in [0.2, 0.25) is 5.02 Å². The Morgan fingerprint density at radius 3 is 2.66 bits per heavy atom. The Kier molecular flexibility index (Phi) is 7.00. The predicted octanol–water partition coefficient (Wildman–Crippen LogP) is 2.19. The highest BCUT2D eigenvalue weighted by molar-refractivity contribution is 7.89. The first-order chi connectivity index (χ1) is 13.9. The monoisotopic (exact) mass is 435 g/mol. The maximum atomic E-state index is 11.8. The molecule has 0 spiro atoms. The molecule has 29 heavy (non-hydrogen) atoms. The highest BCUT2D eigenvalue weighted by atomic mass is 35.5. The molecule has 1 heterocycles. The van der Waals surface area contributed by atoms with Crippen molar-refractivity contribution in [1.29, 1.82) is 0 Å². The second kappa shape index (κ2) is 9.47. The van der Waals surface area contributed by atoms with E-state index in [-0.39, 0.29) is 10.9 Å². The van der Waals surface area contributed by atoms with E-state index in [9.17, 15) is 8.42 Å². The Morgan fingerprint density at radius 1 is 1.24 bits per heavy atom. The fourth-order valence-electron chi connectivity index (χ4n) is 3.26. The van der Waals surface area contributed by atoms with E-state index >= 15 is 0 Å². The van der Waals surface area contributed by atoms with Gasteiger partial charge in [-0.2, -0.15) is 0 Å². The number of anilines is 1. The summed E-state index contributed by atoms with van der Waals surface area (Å²) in [5, 5.41) is 7.48. The highest BCUT2D eigenvalue weighted by Gasteiger charge is 2.23. The van der Waals surface area contributed by atoms with Gasteiger partial charge in [0, 0.05) is 43.4 Å². The van der Waals surface area contributed by atoms with Gasteiger partial charge in [-0.25, -0.2) is 13.1 Å². The SMILES string of the molecule is CN=C(NCc1ccc(S(=O)(=O)NC)cc1)NC1CCN(c2cccc(Cl)c2)C1. The first-order valence-corrected chi connectivity index (χ1v) is 11.3. The van der Waals surface area contributed by atoms with Crippen LogP contribution in [-0.2, 0) is 16.6 Å². The summed E-state index contributed by atoms with van der Waals surface area (Å²) in [5.74, 6) is 0.717. The minimum atomic E-state index is -3.42. The molecule has 1 atom stereocenters. The van der Waals surface area contributed by atoms with Crippen molar-refractivity contribution in [1.82, 2.24) is 15.4 Å². The van der Waals surface area contributed by atoms with Crippen molar-refractivity contribution in [2.24, 2.45) is 4.99 Å². The lowest BCUT2D eigenvalue weighted by molar-refractivity contribution is 0.588. The van der Waals surface area contributed by atoms with Gasteiger partial charge in [0.1, 0.15) is 0 Å². The molecule has 0 aliphatic carbocycles. The number of hydrogen-bond donors (Lipinski definition) is 3. The molecule has 0 aromatic heterocycles. The zero-order valence-electron chi connectivity index (χ0n) is 16.5. The summed E-state index contributed by atoms with van der Waals surface area (Å²) in [5.41, 5.74) is 2.09. The smallest absolute Gasteiger partial charge is 0.240 e. The second-order valence-corrected chi connectivity index (χ2v) is 9.16. The van der Waals surface area contributed by atoms with E-state index in [1.165, 1.54) is 7.05 Å². The van der Waals surface area contributed by atoms with Crippen molar-refractivity contribution >= 4 is 33.3 Å².